The Morgan fingerprint density at radius 2 is 2.16 bits per heavy atom. The van der Waals surface area contributed by atoms with Gasteiger partial charge in [-0.1, -0.05) is 19.9 Å². The molecule has 2 rings (SSSR count). The maximum absolute atomic E-state index is 5.75. The standard InChI is InChI=1S/C14H19N3OS/c1-14(2,11-5-4-8-19-11)9-16-12-7-6-10(15)13(17-12)18-3/h4-8H,9,15H2,1-3H3,(H,16,17). The van der Waals surface area contributed by atoms with Crippen LogP contribution in [-0.2, 0) is 5.41 Å². The van der Waals surface area contributed by atoms with E-state index in [1.54, 1.807) is 24.5 Å². The quantitative estimate of drug-likeness (QED) is 0.881. The maximum Gasteiger partial charge on any atom is 0.238 e. The highest BCUT2D eigenvalue weighted by Crippen LogP contribution is 2.28. The summed E-state index contributed by atoms with van der Waals surface area (Å²) in [5, 5.41) is 5.43. The van der Waals surface area contributed by atoms with E-state index in [0.29, 0.717) is 11.6 Å². The Morgan fingerprint density at radius 1 is 1.37 bits per heavy atom. The van der Waals surface area contributed by atoms with Gasteiger partial charge in [0.05, 0.1) is 12.8 Å². The van der Waals surface area contributed by atoms with Gasteiger partial charge >= 0.3 is 0 Å². The number of pyridine rings is 1. The average molecular weight is 277 g/mol. The van der Waals surface area contributed by atoms with E-state index < -0.39 is 0 Å². The predicted molar refractivity (Wildman–Crippen MR) is 81.0 cm³/mol. The first-order valence-electron chi connectivity index (χ1n) is 6.11. The van der Waals surface area contributed by atoms with Gasteiger partial charge in [0.25, 0.3) is 0 Å². The van der Waals surface area contributed by atoms with E-state index >= 15 is 0 Å². The van der Waals surface area contributed by atoms with Crippen molar-refractivity contribution >= 4 is 22.8 Å². The molecule has 3 N–H and O–H groups in total. The van der Waals surface area contributed by atoms with E-state index in [4.69, 9.17) is 10.5 Å². The molecule has 0 aliphatic rings. The van der Waals surface area contributed by atoms with Gasteiger partial charge in [-0.05, 0) is 23.6 Å². The van der Waals surface area contributed by atoms with Gasteiger partial charge in [-0.2, -0.15) is 4.98 Å². The van der Waals surface area contributed by atoms with Crippen molar-refractivity contribution in [3.05, 3.63) is 34.5 Å². The molecule has 2 heterocycles. The van der Waals surface area contributed by atoms with Crippen LogP contribution in [0.25, 0.3) is 0 Å². The van der Waals surface area contributed by atoms with Crippen molar-refractivity contribution in [3.63, 3.8) is 0 Å². The number of methoxy groups -OCH3 is 1. The summed E-state index contributed by atoms with van der Waals surface area (Å²) in [6.07, 6.45) is 0. The van der Waals surface area contributed by atoms with Crippen molar-refractivity contribution in [1.29, 1.82) is 0 Å². The summed E-state index contributed by atoms with van der Waals surface area (Å²) in [5.41, 5.74) is 6.35. The van der Waals surface area contributed by atoms with Crippen molar-refractivity contribution < 1.29 is 4.74 Å². The first kappa shape index (κ1) is 13.7. The van der Waals surface area contributed by atoms with E-state index in [9.17, 15) is 0 Å². The van der Waals surface area contributed by atoms with Gasteiger partial charge < -0.3 is 15.8 Å². The fourth-order valence-electron chi connectivity index (χ4n) is 1.78. The third-order valence-corrected chi connectivity index (χ3v) is 4.22. The third kappa shape index (κ3) is 3.17. The van der Waals surface area contributed by atoms with Gasteiger partial charge in [0.1, 0.15) is 5.82 Å². The van der Waals surface area contributed by atoms with Crippen molar-refractivity contribution in [2.24, 2.45) is 0 Å². The van der Waals surface area contributed by atoms with Crippen LogP contribution in [0.5, 0.6) is 5.88 Å². The number of hydrogen-bond acceptors (Lipinski definition) is 5. The van der Waals surface area contributed by atoms with Crippen LogP contribution in [0, 0.1) is 0 Å². The highest BCUT2D eigenvalue weighted by Gasteiger charge is 2.21. The molecular weight excluding hydrogens is 258 g/mol. The number of nitrogen functional groups attached to an aromatic ring is 1. The second-order valence-electron chi connectivity index (χ2n) is 5.01. The molecule has 0 atom stereocenters. The molecule has 0 radical (unpaired) electrons. The molecule has 102 valence electrons. The molecule has 0 aromatic carbocycles. The highest BCUT2D eigenvalue weighted by molar-refractivity contribution is 7.10. The van der Waals surface area contributed by atoms with Crippen LogP contribution in [0.4, 0.5) is 11.5 Å². The Kier molecular flexibility index (Phi) is 3.95. The van der Waals surface area contributed by atoms with Crippen LogP contribution in [0.3, 0.4) is 0 Å². The maximum atomic E-state index is 5.75. The molecular formula is C14H19N3OS. The lowest BCUT2D eigenvalue weighted by molar-refractivity contribution is 0.400. The first-order chi connectivity index (χ1) is 9.03. The average Bonchev–Trinajstić information content (AvgIpc) is 2.92. The lowest BCUT2D eigenvalue weighted by atomic mass is 9.91. The number of nitrogens with one attached hydrogen (secondary N) is 1. The number of thiophene rings is 1. The molecule has 0 bridgehead atoms. The van der Waals surface area contributed by atoms with Gasteiger partial charge in [0, 0.05) is 16.8 Å². The molecule has 0 saturated heterocycles. The summed E-state index contributed by atoms with van der Waals surface area (Å²) in [7, 11) is 1.57. The van der Waals surface area contributed by atoms with Crippen LogP contribution in [0.1, 0.15) is 18.7 Å². The zero-order valence-corrected chi connectivity index (χ0v) is 12.3. The largest absolute Gasteiger partial charge is 0.479 e. The summed E-state index contributed by atoms with van der Waals surface area (Å²) < 4.78 is 5.12. The number of nitrogens with two attached hydrogens (primary N) is 1. The molecule has 4 nitrogen and oxygen atoms in total. The minimum absolute atomic E-state index is 0.0600. The van der Waals surface area contributed by atoms with Crippen LogP contribution < -0.4 is 15.8 Å². The van der Waals surface area contributed by atoms with Gasteiger partial charge in [0.2, 0.25) is 5.88 Å². The monoisotopic (exact) mass is 277 g/mol. The lowest BCUT2D eigenvalue weighted by Gasteiger charge is -2.24. The fourth-order valence-corrected chi connectivity index (χ4v) is 2.63. The van der Waals surface area contributed by atoms with Gasteiger partial charge in [0.15, 0.2) is 0 Å². The number of nitrogens with zero attached hydrogens (tertiary/aromatic N) is 1. The summed E-state index contributed by atoms with van der Waals surface area (Å²) in [5.74, 6) is 1.23. The molecule has 2 aromatic rings. The zero-order chi connectivity index (χ0) is 13.9. The molecule has 19 heavy (non-hydrogen) atoms. The number of aromatic nitrogens is 1. The normalized spacial score (nSPS) is 11.3. The Morgan fingerprint density at radius 3 is 2.79 bits per heavy atom. The van der Waals surface area contributed by atoms with Crippen molar-refractivity contribution in [3.8, 4) is 5.88 Å². The van der Waals surface area contributed by atoms with Crippen molar-refractivity contribution in [2.75, 3.05) is 24.7 Å². The summed E-state index contributed by atoms with van der Waals surface area (Å²) in [6, 6.07) is 7.89. The van der Waals surface area contributed by atoms with Crippen LogP contribution >= 0.6 is 11.3 Å². The smallest absolute Gasteiger partial charge is 0.238 e. The van der Waals surface area contributed by atoms with Crippen molar-refractivity contribution in [1.82, 2.24) is 4.98 Å². The number of anilines is 2. The SMILES string of the molecule is COc1nc(NCC(C)(C)c2cccs2)ccc1N. The molecule has 0 aliphatic carbocycles. The minimum Gasteiger partial charge on any atom is -0.479 e. The lowest BCUT2D eigenvalue weighted by Crippen LogP contribution is -2.26. The second kappa shape index (κ2) is 5.48. The fraction of sp³-hybridized carbons (Fsp3) is 0.357. The van der Waals surface area contributed by atoms with Crippen LogP contribution in [-0.4, -0.2) is 18.6 Å². The van der Waals surface area contributed by atoms with Crippen LogP contribution in [0.15, 0.2) is 29.6 Å². The van der Waals surface area contributed by atoms with E-state index in [1.165, 1.54) is 4.88 Å². The van der Waals surface area contributed by atoms with E-state index in [0.717, 1.165) is 12.4 Å². The summed E-state index contributed by atoms with van der Waals surface area (Å²) in [6.45, 7) is 5.22. The third-order valence-electron chi connectivity index (χ3n) is 2.98. The van der Waals surface area contributed by atoms with Crippen molar-refractivity contribution in [2.45, 2.75) is 19.3 Å². The van der Waals surface area contributed by atoms with Gasteiger partial charge in [-0.15, -0.1) is 11.3 Å². The Hall–Kier alpha value is -1.75. The Balaban J connectivity index is 2.06. The van der Waals surface area contributed by atoms with E-state index in [2.05, 4.69) is 41.7 Å². The molecule has 2 aromatic heterocycles. The molecule has 0 saturated carbocycles. The van der Waals surface area contributed by atoms with E-state index in [1.807, 2.05) is 6.07 Å². The summed E-state index contributed by atoms with van der Waals surface area (Å²) in [4.78, 5) is 5.67. The Labute approximate surface area is 117 Å². The molecule has 0 aliphatic heterocycles. The number of hydrogen-bond donors (Lipinski definition) is 2. The molecule has 5 heteroatoms. The second-order valence-corrected chi connectivity index (χ2v) is 5.96. The van der Waals surface area contributed by atoms with E-state index in [-0.39, 0.29) is 5.41 Å². The molecule has 0 fully saturated rings. The number of ether oxygens (including phenoxy) is 1. The molecule has 0 amide bonds. The predicted octanol–water partition coefficient (Wildman–Crippen LogP) is 3.12. The Bertz CT molecular complexity index is 538. The van der Waals surface area contributed by atoms with Crippen LogP contribution in [0.2, 0.25) is 0 Å². The molecule has 0 spiro atoms. The first-order valence-corrected chi connectivity index (χ1v) is 6.99. The minimum atomic E-state index is 0.0600. The van der Waals surface area contributed by atoms with Gasteiger partial charge in [-0.3, -0.25) is 0 Å². The summed E-state index contributed by atoms with van der Waals surface area (Å²) >= 11 is 1.77. The zero-order valence-electron chi connectivity index (χ0n) is 11.4. The molecule has 0 unspecified atom stereocenters. The highest BCUT2D eigenvalue weighted by atomic mass is 32.1. The van der Waals surface area contributed by atoms with Gasteiger partial charge in [-0.25, -0.2) is 0 Å². The topological polar surface area (TPSA) is 60.2 Å². The number of rotatable bonds is 5.